The maximum absolute atomic E-state index is 11.8. The van der Waals surface area contributed by atoms with Crippen LogP contribution in [0.4, 0.5) is 0 Å². The first-order valence-corrected chi connectivity index (χ1v) is 6.01. The number of hydrogen-bond acceptors (Lipinski definition) is 6. The normalized spacial score (nSPS) is 9.85. The van der Waals surface area contributed by atoms with Crippen LogP contribution >= 0.6 is 12.2 Å². The van der Waals surface area contributed by atoms with Crippen molar-refractivity contribution in [2.75, 3.05) is 7.11 Å². The van der Waals surface area contributed by atoms with Crippen LogP contribution in [0.1, 0.15) is 20.8 Å². The minimum Gasteiger partial charge on any atom is -0.464 e. The Bertz CT molecular complexity index is 666. The Labute approximate surface area is 119 Å². The predicted octanol–water partition coefficient (Wildman–Crippen LogP) is 1.81. The summed E-state index contributed by atoms with van der Waals surface area (Å²) in [7, 11) is 1.25. The van der Waals surface area contributed by atoms with E-state index < -0.39 is 5.97 Å². The molecule has 1 aromatic carbocycles. The highest BCUT2D eigenvalue weighted by atomic mass is 32.1. The van der Waals surface area contributed by atoms with Gasteiger partial charge in [0.2, 0.25) is 5.88 Å². The van der Waals surface area contributed by atoms with E-state index in [2.05, 4.69) is 22.1 Å². The first-order valence-electron chi connectivity index (χ1n) is 5.54. The molecule has 0 aliphatic carbocycles. The number of aromatic nitrogens is 2. The van der Waals surface area contributed by atoms with Crippen LogP contribution in [-0.2, 0) is 4.74 Å². The zero-order valence-electron chi connectivity index (χ0n) is 10.5. The average Bonchev–Trinajstić information content (AvgIpc) is 2.90. The molecule has 2 aromatic rings. The largest absolute Gasteiger partial charge is 0.464 e. The summed E-state index contributed by atoms with van der Waals surface area (Å²) in [5, 5.41) is 4.08. The van der Waals surface area contributed by atoms with Crippen molar-refractivity contribution in [3.63, 3.8) is 0 Å². The number of aldehydes is 1. The molecule has 0 unspecified atom stereocenters. The quantitative estimate of drug-likeness (QED) is 0.475. The van der Waals surface area contributed by atoms with Gasteiger partial charge in [-0.2, -0.15) is 0 Å². The smallest absolute Gasteiger partial charge is 0.356 e. The van der Waals surface area contributed by atoms with Crippen molar-refractivity contribution in [3.05, 3.63) is 41.6 Å². The van der Waals surface area contributed by atoms with Gasteiger partial charge in [-0.25, -0.2) is 9.48 Å². The van der Waals surface area contributed by atoms with E-state index in [1.165, 1.54) is 17.9 Å². The molecule has 7 heteroatoms. The van der Waals surface area contributed by atoms with Crippen LogP contribution < -0.4 is 4.74 Å². The Balaban J connectivity index is 2.61. The number of hydrogen-bond donors (Lipinski definition) is 0. The summed E-state index contributed by atoms with van der Waals surface area (Å²) < 4.78 is 10.9. The number of carbonyl (C=O) groups is 2. The Morgan fingerprint density at radius 1 is 1.40 bits per heavy atom. The van der Waals surface area contributed by atoms with Crippen LogP contribution in [0.25, 0.3) is 5.69 Å². The van der Waals surface area contributed by atoms with Crippen molar-refractivity contribution in [3.8, 4) is 11.6 Å². The fraction of sp³-hybridized carbons (Fsp3) is 0.0769. The second-order valence-corrected chi connectivity index (χ2v) is 3.85. The zero-order chi connectivity index (χ0) is 14.5. The molecule has 0 atom stereocenters. The van der Waals surface area contributed by atoms with Crippen molar-refractivity contribution in [2.45, 2.75) is 0 Å². The molecule has 102 valence electrons. The Morgan fingerprint density at radius 2 is 2.15 bits per heavy atom. The van der Waals surface area contributed by atoms with E-state index in [1.807, 2.05) is 0 Å². The molecule has 2 rings (SSSR count). The van der Waals surface area contributed by atoms with E-state index in [9.17, 15) is 9.59 Å². The highest BCUT2D eigenvalue weighted by Crippen LogP contribution is 2.20. The van der Waals surface area contributed by atoms with Crippen LogP contribution in [0, 0.1) is 0 Å². The lowest BCUT2D eigenvalue weighted by Crippen LogP contribution is -2.11. The summed E-state index contributed by atoms with van der Waals surface area (Å²) in [4.78, 5) is 22.8. The van der Waals surface area contributed by atoms with E-state index in [-0.39, 0.29) is 11.6 Å². The SMILES string of the molecule is COC(=O)c1cc(OC=S)nn1-c1ccccc1C=O. The fourth-order valence-corrected chi connectivity index (χ4v) is 1.78. The molecular formula is C13H10N2O4S. The van der Waals surface area contributed by atoms with Crippen molar-refractivity contribution < 1.29 is 19.1 Å². The predicted molar refractivity (Wildman–Crippen MR) is 74.6 cm³/mol. The molecule has 1 aromatic heterocycles. The van der Waals surface area contributed by atoms with Gasteiger partial charge in [0.15, 0.2) is 17.5 Å². The first kappa shape index (κ1) is 13.9. The second kappa shape index (κ2) is 6.07. The average molecular weight is 290 g/mol. The van der Waals surface area contributed by atoms with Gasteiger partial charge in [-0.15, -0.1) is 5.10 Å². The van der Waals surface area contributed by atoms with Gasteiger partial charge in [-0.3, -0.25) is 4.79 Å². The van der Waals surface area contributed by atoms with Crippen LogP contribution in [0.3, 0.4) is 0 Å². The van der Waals surface area contributed by atoms with E-state index >= 15 is 0 Å². The molecule has 0 saturated heterocycles. The van der Waals surface area contributed by atoms with Gasteiger partial charge >= 0.3 is 5.97 Å². The van der Waals surface area contributed by atoms with E-state index in [0.29, 0.717) is 17.5 Å². The Hall–Kier alpha value is -2.54. The van der Waals surface area contributed by atoms with Crippen LogP contribution in [0.15, 0.2) is 30.3 Å². The van der Waals surface area contributed by atoms with Crippen molar-refractivity contribution in [1.82, 2.24) is 9.78 Å². The van der Waals surface area contributed by atoms with Gasteiger partial charge in [0.05, 0.1) is 12.8 Å². The van der Waals surface area contributed by atoms with Crippen molar-refractivity contribution in [1.29, 1.82) is 0 Å². The molecule has 0 aliphatic rings. The lowest BCUT2D eigenvalue weighted by atomic mass is 10.2. The third-order valence-electron chi connectivity index (χ3n) is 2.54. The van der Waals surface area contributed by atoms with Gasteiger partial charge in [0.25, 0.3) is 0 Å². The van der Waals surface area contributed by atoms with Gasteiger partial charge in [0.1, 0.15) is 0 Å². The van der Waals surface area contributed by atoms with E-state index in [4.69, 9.17) is 4.74 Å². The third-order valence-corrected chi connectivity index (χ3v) is 2.64. The minimum absolute atomic E-state index is 0.133. The lowest BCUT2D eigenvalue weighted by molar-refractivity contribution is 0.0590. The highest BCUT2D eigenvalue weighted by molar-refractivity contribution is 7.78. The van der Waals surface area contributed by atoms with Gasteiger partial charge in [-0.05, 0) is 24.4 Å². The van der Waals surface area contributed by atoms with Crippen LogP contribution in [-0.4, -0.2) is 34.7 Å². The molecule has 0 spiro atoms. The van der Waals surface area contributed by atoms with Crippen LogP contribution in [0.5, 0.6) is 5.88 Å². The Morgan fingerprint density at radius 3 is 2.80 bits per heavy atom. The molecule has 20 heavy (non-hydrogen) atoms. The third kappa shape index (κ3) is 2.57. The number of thiocarbonyl (C=S) groups is 1. The van der Waals surface area contributed by atoms with Gasteiger partial charge < -0.3 is 9.47 Å². The maximum Gasteiger partial charge on any atom is 0.356 e. The molecule has 0 amide bonds. The number of para-hydroxylation sites is 1. The fourth-order valence-electron chi connectivity index (χ4n) is 1.68. The van der Waals surface area contributed by atoms with Gasteiger partial charge in [0, 0.05) is 11.6 Å². The Kier molecular flexibility index (Phi) is 4.21. The number of benzene rings is 1. The first-order chi connectivity index (χ1) is 9.71. The van der Waals surface area contributed by atoms with Crippen molar-refractivity contribution in [2.24, 2.45) is 0 Å². The summed E-state index contributed by atoms with van der Waals surface area (Å²) >= 11 is 4.58. The highest BCUT2D eigenvalue weighted by Gasteiger charge is 2.19. The number of ether oxygens (including phenoxy) is 2. The molecule has 6 nitrogen and oxygen atoms in total. The minimum atomic E-state index is -0.600. The van der Waals surface area contributed by atoms with E-state index in [0.717, 1.165) is 5.55 Å². The van der Waals surface area contributed by atoms with Gasteiger partial charge in [-0.1, -0.05) is 12.1 Å². The maximum atomic E-state index is 11.8. The number of rotatable bonds is 5. The number of methoxy groups -OCH3 is 1. The number of carbonyl (C=O) groups excluding carboxylic acids is 2. The molecule has 0 aliphatic heterocycles. The van der Waals surface area contributed by atoms with Crippen LogP contribution in [0.2, 0.25) is 0 Å². The van der Waals surface area contributed by atoms with E-state index in [1.54, 1.807) is 24.3 Å². The molecule has 0 saturated carbocycles. The summed E-state index contributed by atoms with van der Waals surface area (Å²) in [6.07, 6.45) is 0.678. The summed E-state index contributed by atoms with van der Waals surface area (Å²) in [6.45, 7) is 0. The zero-order valence-corrected chi connectivity index (χ0v) is 11.3. The molecule has 0 bridgehead atoms. The molecule has 0 fully saturated rings. The second-order valence-electron chi connectivity index (χ2n) is 3.66. The number of nitrogens with zero attached hydrogens (tertiary/aromatic N) is 2. The van der Waals surface area contributed by atoms with Crippen molar-refractivity contribution >= 4 is 30.0 Å². The molecule has 0 N–H and O–H groups in total. The topological polar surface area (TPSA) is 70.4 Å². The monoisotopic (exact) mass is 290 g/mol. The standard InChI is InChI=1S/C13H10N2O4S/c1-18-13(17)11-6-12(19-8-20)14-15(11)10-5-3-2-4-9(10)7-16/h2-8H,1H3. The lowest BCUT2D eigenvalue weighted by Gasteiger charge is -2.07. The summed E-state index contributed by atoms with van der Waals surface area (Å²) in [6, 6.07) is 8.10. The molecule has 1 heterocycles. The molecule has 0 radical (unpaired) electrons. The molecular weight excluding hydrogens is 280 g/mol. The number of esters is 1. The summed E-state index contributed by atoms with van der Waals surface area (Å²) in [5.41, 5.74) is 1.99. The summed E-state index contributed by atoms with van der Waals surface area (Å²) in [5.74, 6) is -0.460.